The van der Waals surface area contributed by atoms with Gasteiger partial charge in [0.15, 0.2) is 0 Å². The van der Waals surface area contributed by atoms with Crippen LogP contribution in [0.15, 0.2) is 83.8 Å². The van der Waals surface area contributed by atoms with Crippen molar-refractivity contribution in [2.45, 2.75) is 69.5 Å². The third-order valence-electron chi connectivity index (χ3n) is 9.85. The quantitative estimate of drug-likeness (QED) is 0.0660. The summed E-state index contributed by atoms with van der Waals surface area (Å²) in [4.78, 5) is 28.9. The minimum absolute atomic E-state index is 0.119. The number of benzene rings is 3. The van der Waals surface area contributed by atoms with Crippen LogP contribution in [0.3, 0.4) is 0 Å². The molecule has 1 unspecified atom stereocenters. The largest absolute Gasteiger partial charge is 0.497 e. The first-order valence-electron chi connectivity index (χ1n) is 18.6. The molecule has 2 heterocycles. The molecule has 0 saturated carbocycles. The fraction of sp³-hybridized carbons (Fsp3) is 0.405. The molecule has 5 rings (SSSR count). The van der Waals surface area contributed by atoms with E-state index in [9.17, 15) is 22.8 Å². The number of aromatic nitrogens is 2. The van der Waals surface area contributed by atoms with Crippen molar-refractivity contribution in [3.8, 4) is 23.3 Å². The molecule has 1 saturated heterocycles. The van der Waals surface area contributed by atoms with E-state index in [1.165, 1.54) is 17.8 Å². The number of carbonyl (C=O) groups excluding carboxylic acids is 1. The maximum absolute atomic E-state index is 13.5. The predicted octanol–water partition coefficient (Wildman–Crippen LogP) is 5.78. The number of anilines is 1. The number of hydrogen-bond acceptors (Lipinski definition) is 10. The summed E-state index contributed by atoms with van der Waals surface area (Å²) >= 11 is 1.56. The summed E-state index contributed by atoms with van der Waals surface area (Å²) in [5.74, 6) is 5.54. The van der Waals surface area contributed by atoms with Gasteiger partial charge in [0.05, 0.1) is 45.0 Å². The molecule has 1 amide bonds. The summed E-state index contributed by atoms with van der Waals surface area (Å²) in [7, 11) is 1.77. The number of hydrogen-bond donors (Lipinski definition) is 2. The molecule has 1 aliphatic rings. The summed E-state index contributed by atoms with van der Waals surface area (Å²) in [5.41, 5.74) is 1.62. The van der Waals surface area contributed by atoms with Gasteiger partial charge in [0.25, 0.3) is 8.32 Å². The van der Waals surface area contributed by atoms with Gasteiger partial charge in [-0.1, -0.05) is 93.3 Å². The lowest BCUT2D eigenvalue weighted by molar-refractivity contribution is -0.173. The van der Waals surface area contributed by atoms with Crippen LogP contribution < -0.4 is 36.2 Å². The smallest absolute Gasteiger partial charge is 0.471 e. The van der Waals surface area contributed by atoms with Crippen LogP contribution in [0.4, 0.5) is 19.0 Å². The summed E-state index contributed by atoms with van der Waals surface area (Å²) < 4.78 is 70.9. The van der Waals surface area contributed by atoms with Crippen molar-refractivity contribution in [1.29, 1.82) is 0 Å². The summed E-state index contributed by atoms with van der Waals surface area (Å²) in [6.07, 6.45) is -5.31. The van der Waals surface area contributed by atoms with Crippen molar-refractivity contribution >= 4 is 42.2 Å². The standard InChI is InChI=1S/C42H49F3N4O7SSi/c1-28-21-30(52-6)22-34(53-7)33(28)26-57-27-54-35-23-37(49-24-29(38(46-5)48-40(49)51)15-14-20-47-39(50)42(43,44)45)56-36(35)25-55-58(41(2,3)4,31-16-10-8-11-17-31)32-18-12-9-13-19-32/h8-13,16-19,21-22,24,35-37H,20,23,25-27H2,1-7H3,(H,47,50)(H,46,48,51)/t35?,36-,37-/m1/s1. The lowest BCUT2D eigenvalue weighted by Crippen LogP contribution is -2.67. The van der Waals surface area contributed by atoms with Crippen molar-refractivity contribution in [1.82, 2.24) is 14.9 Å². The van der Waals surface area contributed by atoms with Gasteiger partial charge in [-0.2, -0.15) is 18.2 Å². The van der Waals surface area contributed by atoms with Gasteiger partial charge in [0.1, 0.15) is 29.6 Å². The second kappa shape index (κ2) is 19.3. The van der Waals surface area contributed by atoms with Crippen molar-refractivity contribution in [2.75, 3.05) is 45.7 Å². The first-order chi connectivity index (χ1) is 27.6. The van der Waals surface area contributed by atoms with Crippen LogP contribution in [-0.4, -0.2) is 82.5 Å². The highest BCUT2D eigenvalue weighted by atomic mass is 32.2. The van der Waals surface area contributed by atoms with Crippen molar-refractivity contribution in [2.24, 2.45) is 0 Å². The van der Waals surface area contributed by atoms with E-state index in [4.69, 9.17) is 23.4 Å². The molecule has 1 fully saturated rings. The minimum Gasteiger partial charge on any atom is -0.497 e. The van der Waals surface area contributed by atoms with Gasteiger partial charge in [-0.25, -0.2) is 4.79 Å². The van der Waals surface area contributed by atoms with Gasteiger partial charge in [0.2, 0.25) is 0 Å². The van der Waals surface area contributed by atoms with Crippen LogP contribution in [0.1, 0.15) is 50.1 Å². The average Bonchev–Trinajstić information content (AvgIpc) is 3.60. The summed E-state index contributed by atoms with van der Waals surface area (Å²) in [6.45, 7) is 8.12. The van der Waals surface area contributed by atoms with Crippen LogP contribution >= 0.6 is 11.8 Å². The average molecular weight is 839 g/mol. The Kier molecular flexibility index (Phi) is 14.7. The molecule has 16 heteroatoms. The zero-order chi connectivity index (χ0) is 42.1. The van der Waals surface area contributed by atoms with Gasteiger partial charge in [-0.15, -0.1) is 11.8 Å². The van der Waals surface area contributed by atoms with E-state index in [2.05, 4.69) is 67.2 Å². The van der Waals surface area contributed by atoms with Gasteiger partial charge < -0.3 is 34.0 Å². The third kappa shape index (κ3) is 10.3. The highest BCUT2D eigenvalue weighted by Crippen LogP contribution is 2.39. The van der Waals surface area contributed by atoms with Crippen molar-refractivity contribution in [3.05, 3.63) is 106 Å². The normalized spacial score (nSPS) is 17.0. The van der Waals surface area contributed by atoms with E-state index in [0.717, 1.165) is 21.5 Å². The summed E-state index contributed by atoms with van der Waals surface area (Å²) in [6, 6.07) is 24.2. The number of ether oxygens (including phenoxy) is 4. The molecule has 3 aromatic carbocycles. The number of aryl methyl sites for hydroxylation is 1. The van der Waals surface area contributed by atoms with Crippen LogP contribution in [-0.2, 0) is 24.4 Å². The third-order valence-corrected chi connectivity index (χ3v) is 15.7. The van der Waals surface area contributed by atoms with Crippen LogP contribution in [0.5, 0.6) is 11.5 Å². The highest BCUT2D eigenvalue weighted by molar-refractivity contribution is 7.98. The lowest BCUT2D eigenvalue weighted by Gasteiger charge is -2.43. The SMILES string of the molecule is CNc1nc(=O)n([C@H]2CC(OCSCc3c(C)cc(OC)cc3OC)[C@@H](CO[Si](c3ccccc3)(c3ccccc3)C(C)(C)C)O2)cc1C#CCNC(=O)C(F)(F)F. The van der Waals surface area contributed by atoms with E-state index >= 15 is 0 Å². The Morgan fingerprint density at radius 1 is 1.03 bits per heavy atom. The van der Waals surface area contributed by atoms with Crippen LogP contribution in [0.25, 0.3) is 0 Å². The number of nitrogens with zero attached hydrogens (tertiary/aromatic N) is 2. The van der Waals surface area contributed by atoms with E-state index < -0.39 is 51.1 Å². The number of amides is 1. The van der Waals surface area contributed by atoms with E-state index in [-0.39, 0.29) is 35.4 Å². The number of nitrogens with one attached hydrogen (secondary N) is 2. The molecule has 11 nitrogen and oxygen atoms in total. The second-order valence-corrected chi connectivity index (χ2v) is 19.8. The second-order valence-electron chi connectivity index (χ2n) is 14.6. The monoisotopic (exact) mass is 838 g/mol. The Hall–Kier alpha value is -4.79. The van der Waals surface area contributed by atoms with E-state index in [0.29, 0.717) is 17.3 Å². The Morgan fingerprint density at radius 3 is 2.26 bits per heavy atom. The van der Waals surface area contributed by atoms with Crippen molar-refractivity contribution < 1.29 is 41.3 Å². The van der Waals surface area contributed by atoms with Gasteiger partial charge in [0, 0.05) is 37.0 Å². The topological polar surface area (TPSA) is 122 Å². The molecule has 4 aromatic rings. The van der Waals surface area contributed by atoms with Crippen LogP contribution in [0.2, 0.25) is 5.04 Å². The van der Waals surface area contributed by atoms with Crippen LogP contribution in [0, 0.1) is 18.8 Å². The molecule has 1 aromatic heterocycles. The molecule has 310 valence electrons. The Balaban J connectivity index is 1.45. The predicted molar refractivity (Wildman–Crippen MR) is 221 cm³/mol. The maximum Gasteiger partial charge on any atom is 0.471 e. The zero-order valence-corrected chi connectivity index (χ0v) is 35.4. The molecular weight excluding hydrogens is 790 g/mol. The van der Waals surface area contributed by atoms with E-state index in [1.54, 1.807) is 31.3 Å². The van der Waals surface area contributed by atoms with Crippen molar-refractivity contribution in [3.63, 3.8) is 0 Å². The number of methoxy groups -OCH3 is 2. The molecule has 0 spiro atoms. The highest BCUT2D eigenvalue weighted by Gasteiger charge is 2.51. The fourth-order valence-electron chi connectivity index (χ4n) is 7.00. The molecule has 2 N–H and O–H groups in total. The maximum atomic E-state index is 13.5. The number of alkyl halides is 3. The summed E-state index contributed by atoms with van der Waals surface area (Å²) in [5, 5.41) is 6.40. The van der Waals surface area contributed by atoms with E-state index in [1.807, 2.05) is 55.5 Å². The molecular formula is C42H49F3N4O7SSi. The molecule has 0 aliphatic carbocycles. The van der Waals surface area contributed by atoms with Gasteiger partial charge >= 0.3 is 17.8 Å². The first-order valence-corrected chi connectivity index (χ1v) is 21.6. The Bertz CT molecular complexity index is 2100. The fourth-order valence-corrected chi connectivity index (χ4v) is 12.5. The minimum atomic E-state index is -5.04. The molecule has 0 bridgehead atoms. The Morgan fingerprint density at radius 2 is 1.69 bits per heavy atom. The number of rotatable bonds is 15. The number of halogens is 3. The first kappa shape index (κ1) is 44.3. The number of carbonyl (C=O) groups is 1. The van der Waals surface area contributed by atoms with Gasteiger partial charge in [-0.3, -0.25) is 9.36 Å². The molecule has 3 atom stereocenters. The molecule has 1 aliphatic heterocycles. The zero-order valence-electron chi connectivity index (χ0n) is 33.6. The molecule has 58 heavy (non-hydrogen) atoms. The van der Waals surface area contributed by atoms with Gasteiger partial charge in [-0.05, 0) is 34.0 Å². The molecule has 0 radical (unpaired) electrons. The number of thioether (sulfide) groups is 1. The Labute approximate surface area is 342 Å². The lowest BCUT2D eigenvalue weighted by atomic mass is 10.1.